The largest absolute Gasteiger partial charge is 0 e. The molecular weight excluding hydrogens is 400 g/mol. The van der Waals surface area contributed by atoms with Crippen molar-refractivity contribution in [3.8, 4) is 0 Å². The van der Waals surface area contributed by atoms with Crippen molar-refractivity contribution in [3.05, 3.63) is 0 Å². The molecule has 0 saturated carbocycles. The molecule has 0 spiro atoms. The van der Waals surface area contributed by atoms with Gasteiger partial charge in [0.1, 0.15) is 0 Å². The molecule has 0 fully saturated rings. The van der Waals surface area contributed by atoms with Crippen molar-refractivity contribution in [2.24, 2.45) is 0 Å². The first-order chi connectivity index (χ1) is 4.00. The Morgan fingerprint density at radius 3 is 0.818 bits per heavy atom. The van der Waals surface area contributed by atoms with E-state index in [1.807, 2.05) is 0 Å². The summed E-state index contributed by atoms with van der Waals surface area (Å²) < 4.78 is 71.2. The maximum atomic E-state index is 10.2. The van der Waals surface area contributed by atoms with Gasteiger partial charge in [0.15, 0.2) is 0 Å². The second kappa shape index (κ2) is 6.29. The molecule has 0 heterocycles. The summed E-state index contributed by atoms with van der Waals surface area (Å²) in [6, 6.07) is 0. The Hall–Kier alpha value is 0.759. The van der Waals surface area contributed by atoms with Gasteiger partial charge in [0.25, 0.3) is 0 Å². The Balaban J connectivity index is -0.000000107. The quantitative estimate of drug-likeness (QED) is 0.407. The van der Waals surface area contributed by atoms with Gasteiger partial charge in [-0.1, -0.05) is 0 Å². The standard InChI is InChI=1S/Ag.2FHO3Se/c;2*1-5(2,3)4/h;2*(H,2,3,4)/p-2. The molecule has 0 unspecified atom stereocenters. The van der Waals surface area contributed by atoms with Gasteiger partial charge >= 0.3 is 57.8 Å². The first-order valence-electron chi connectivity index (χ1n) is 1.31. The second-order valence-corrected chi connectivity index (χ2v) is 4.09. The molecule has 0 amide bonds. The van der Waals surface area contributed by atoms with Gasteiger partial charge in [-0.05, 0) is 0 Å². The fourth-order valence-electron chi connectivity index (χ4n) is 0. The van der Waals surface area contributed by atoms with Crippen molar-refractivity contribution in [1.82, 2.24) is 0 Å². The van der Waals surface area contributed by atoms with Crippen LogP contribution in [0.4, 0.5) is 7.10 Å². The molecule has 75 valence electrons. The van der Waals surface area contributed by atoms with E-state index in [1.165, 1.54) is 0 Å². The molecule has 1 radical (unpaired) electrons. The first-order valence-corrected chi connectivity index (χ1v) is 6.80. The average Bonchev–Trinajstić information content (AvgIpc) is 1.12. The van der Waals surface area contributed by atoms with Crippen LogP contribution in [0, 0.1) is 0 Å². The van der Waals surface area contributed by atoms with E-state index in [0.717, 1.165) is 0 Å². The molecule has 0 saturated heterocycles. The fourth-order valence-corrected chi connectivity index (χ4v) is 0. The van der Waals surface area contributed by atoms with Crippen LogP contribution in [0.15, 0.2) is 0 Å². The van der Waals surface area contributed by atoms with Gasteiger partial charge in [0.05, 0.1) is 0 Å². The van der Waals surface area contributed by atoms with E-state index >= 15 is 0 Å². The molecule has 0 aliphatic carbocycles. The molecule has 11 heteroatoms. The Morgan fingerprint density at radius 1 is 0.818 bits per heavy atom. The van der Waals surface area contributed by atoms with E-state index in [0.29, 0.717) is 0 Å². The van der Waals surface area contributed by atoms with E-state index in [-0.39, 0.29) is 22.4 Å². The van der Waals surface area contributed by atoms with Crippen LogP contribution < -0.4 is 8.38 Å². The predicted octanol–water partition coefficient (Wildman–Crippen LogP) is -2.78. The van der Waals surface area contributed by atoms with Crippen molar-refractivity contribution in [3.63, 3.8) is 0 Å². The molecule has 0 rings (SSSR count). The van der Waals surface area contributed by atoms with E-state index in [2.05, 4.69) is 0 Å². The molecule has 6 nitrogen and oxygen atoms in total. The van der Waals surface area contributed by atoms with Crippen LogP contribution in [0.25, 0.3) is 0 Å². The van der Waals surface area contributed by atoms with Crippen molar-refractivity contribution < 1.29 is 53.2 Å². The number of hydrogen-bond acceptors (Lipinski definition) is 6. The van der Waals surface area contributed by atoms with Crippen LogP contribution in [0.1, 0.15) is 0 Å². The molecule has 0 aromatic heterocycles. The van der Waals surface area contributed by atoms with Crippen LogP contribution in [-0.4, -0.2) is 27.0 Å². The van der Waals surface area contributed by atoms with Crippen LogP contribution >= 0.6 is 0 Å². The second-order valence-electron chi connectivity index (χ2n) is 0.786. The minimum Gasteiger partial charge on any atom is 0 e. The normalized spacial score (nSPS) is 10.5. The van der Waals surface area contributed by atoms with E-state index < -0.39 is 27.0 Å². The summed E-state index contributed by atoms with van der Waals surface area (Å²) in [6.45, 7) is 0. The minimum atomic E-state index is -6.00. The van der Waals surface area contributed by atoms with E-state index in [4.69, 9.17) is 23.7 Å². The summed E-state index contributed by atoms with van der Waals surface area (Å²) in [4.78, 5) is 0. The topological polar surface area (TPSA) is 114 Å². The maximum Gasteiger partial charge on any atom is 0 e. The molecule has 0 aromatic carbocycles. The number of hydrogen-bond donors (Lipinski definition) is 0. The van der Waals surface area contributed by atoms with Crippen molar-refractivity contribution >= 4 is 27.0 Å². The van der Waals surface area contributed by atoms with Crippen molar-refractivity contribution in [2.45, 2.75) is 0 Å². The SMILES string of the molecule is O=[Se](=O)([O-])F.O=[Se](=O)([O-])F.[Ag]. The third-order valence-electron chi connectivity index (χ3n) is 0. The predicted molar refractivity (Wildman–Crippen MR) is 16.5 cm³/mol. The Bertz CT molecular complexity index is 215. The fraction of sp³-hybridized carbons (Fsp3) is 0. The molecule has 0 N–H and O–H groups in total. The summed E-state index contributed by atoms with van der Waals surface area (Å²) in [6.07, 6.45) is 0. The van der Waals surface area contributed by atoms with Gasteiger partial charge in [-0.15, -0.1) is 0 Å². The zero-order chi connectivity index (χ0) is 9.00. The molecule has 11 heavy (non-hydrogen) atoms. The maximum absolute atomic E-state index is 10.2. The van der Waals surface area contributed by atoms with Gasteiger partial charge in [-0.3, -0.25) is 0 Å². The smallest absolute Gasteiger partial charge is 0 e. The molecule has 0 bridgehead atoms. The Morgan fingerprint density at radius 2 is 0.818 bits per heavy atom. The molecule has 0 aromatic rings. The summed E-state index contributed by atoms with van der Waals surface area (Å²) in [7, 11) is 0. The summed E-state index contributed by atoms with van der Waals surface area (Å²) in [5, 5.41) is 0. The summed E-state index contributed by atoms with van der Waals surface area (Å²) in [5.74, 6) is 0. The van der Waals surface area contributed by atoms with Crippen LogP contribution in [0.5, 0.6) is 0 Å². The van der Waals surface area contributed by atoms with E-state index in [9.17, 15) is 7.10 Å². The van der Waals surface area contributed by atoms with Gasteiger partial charge < -0.3 is 0 Å². The molecule has 0 atom stereocenters. The Labute approximate surface area is 79.9 Å². The number of rotatable bonds is 0. The van der Waals surface area contributed by atoms with Crippen LogP contribution in [-0.2, 0) is 37.7 Å². The van der Waals surface area contributed by atoms with Crippen molar-refractivity contribution in [2.75, 3.05) is 0 Å². The summed E-state index contributed by atoms with van der Waals surface area (Å²) in [5.41, 5.74) is 0. The summed E-state index contributed by atoms with van der Waals surface area (Å²) >= 11 is -12.0. The van der Waals surface area contributed by atoms with Crippen LogP contribution in [0.2, 0.25) is 0 Å². The first kappa shape index (κ1) is 17.7. The number of halogens is 2. The zero-order valence-electron chi connectivity index (χ0n) is 4.32. The third kappa shape index (κ3) is 1430. The third-order valence-corrected chi connectivity index (χ3v) is 0. The van der Waals surface area contributed by atoms with E-state index in [1.54, 1.807) is 0 Å². The molecule has 0 aliphatic heterocycles. The van der Waals surface area contributed by atoms with Gasteiger partial charge in [-0.25, -0.2) is 0 Å². The minimum absolute atomic E-state index is 0. The average molecular weight is 400 g/mol. The van der Waals surface area contributed by atoms with Crippen LogP contribution in [0.3, 0.4) is 0 Å². The monoisotopic (exact) mass is 401 g/mol. The van der Waals surface area contributed by atoms with Gasteiger partial charge in [-0.2, -0.15) is 0 Å². The van der Waals surface area contributed by atoms with Crippen molar-refractivity contribution in [1.29, 1.82) is 0 Å². The zero-order valence-corrected chi connectivity index (χ0v) is 9.23. The van der Waals surface area contributed by atoms with Gasteiger partial charge in [0.2, 0.25) is 0 Å². The molecular formula is AgF2O6Se2-2. The Kier molecular flexibility index (Phi) is 10.2. The molecule has 0 aliphatic rings. The van der Waals surface area contributed by atoms with Gasteiger partial charge in [0, 0.05) is 22.4 Å².